The standard InChI is InChI=1S/C14H18ClN3O3S/c1-3-12(17-8-10-9-18-14(15)22-10)11(7-16)13(19)21-6-5-20-4-2/h9,17H,3-6,8H2,1-2H3/b12-11-. The Hall–Kier alpha value is -1.62. The second-order valence-corrected chi connectivity index (χ2v) is 5.78. The van der Waals surface area contributed by atoms with E-state index < -0.39 is 5.97 Å². The molecule has 0 unspecified atom stereocenters. The number of nitriles is 1. The van der Waals surface area contributed by atoms with Crippen LogP contribution < -0.4 is 5.32 Å². The van der Waals surface area contributed by atoms with Crippen LogP contribution in [0.4, 0.5) is 0 Å². The summed E-state index contributed by atoms with van der Waals surface area (Å²) >= 11 is 7.10. The molecule has 0 radical (unpaired) electrons. The molecule has 1 N–H and O–H groups in total. The minimum absolute atomic E-state index is 0.0189. The number of esters is 1. The Bertz CT molecular complexity index is 566. The number of nitrogens with one attached hydrogen (secondary N) is 1. The van der Waals surface area contributed by atoms with Crippen LogP contribution in [0.5, 0.6) is 0 Å². The van der Waals surface area contributed by atoms with Gasteiger partial charge in [0.05, 0.1) is 13.2 Å². The fourth-order valence-electron chi connectivity index (χ4n) is 1.60. The summed E-state index contributed by atoms with van der Waals surface area (Å²) in [6.07, 6.45) is 2.16. The van der Waals surface area contributed by atoms with Crippen molar-refractivity contribution in [3.63, 3.8) is 0 Å². The van der Waals surface area contributed by atoms with E-state index in [9.17, 15) is 10.1 Å². The van der Waals surface area contributed by atoms with Crippen molar-refractivity contribution < 1.29 is 14.3 Å². The van der Waals surface area contributed by atoms with Gasteiger partial charge in [-0.2, -0.15) is 5.26 Å². The normalized spacial score (nSPS) is 11.5. The lowest BCUT2D eigenvalue weighted by Gasteiger charge is -2.11. The predicted molar refractivity (Wildman–Crippen MR) is 84.3 cm³/mol. The van der Waals surface area contributed by atoms with Gasteiger partial charge in [0.25, 0.3) is 0 Å². The van der Waals surface area contributed by atoms with Gasteiger partial charge in [0.2, 0.25) is 0 Å². The summed E-state index contributed by atoms with van der Waals surface area (Å²) in [7, 11) is 0. The Labute approximate surface area is 138 Å². The van der Waals surface area contributed by atoms with E-state index in [0.29, 0.717) is 36.3 Å². The fourth-order valence-corrected chi connectivity index (χ4v) is 2.51. The molecule has 0 bridgehead atoms. The number of halogens is 1. The molecule has 0 saturated carbocycles. The largest absolute Gasteiger partial charge is 0.459 e. The van der Waals surface area contributed by atoms with Crippen molar-refractivity contribution in [1.82, 2.24) is 10.3 Å². The molecule has 6 nitrogen and oxygen atoms in total. The van der Waals surface area contributed by atoms with Crippen molar-refractivity contribution in [2.45, 2.75) is 26.8 Å². The van der Waals surface area contributed by atoms with Crippen molar-refractivity contribution in [3.05, 3.63) is 26.8 Å². The van der Waals surface area contributed by atoms with E-state index in [4.69, 9.17) is 21.1 Å². The minimum Gasteiger partial charge on any atom is -0.459 e. The lowest BCUT2D eigenvalue weighted by Crippen LogP contribution is -2.19. The zero-order chi connectivity index (χ0) is 16.4. The SMILES string of the molecule is CCOCCOC(=O)/C(C#N)=C(/CC)NCc1cnc(Cl)s1. The molecule has 0 spiro atoms. The quantitative estimate of drug-likeness (QED) is 0.321. The molecular weight excluding hydrogens is 326 g/mol. The monoisotopic (exact) mass is 343 g/mol. The summed E-state index contributed by atoms with van der Waals surface area (Å²) in [5, 5.41) is 12.3. The van der Waals surface area contributed by atoms with Crippen LogP contribution in [0, 0.1) is 11.3 Å². The first-order valence-electron chi connectivity index (χ1n) is 6.84. The van der Waals surface area contributed by atoms with E-state index in [-0.39, 0.29) is 12.2 Å². The fraction of sp³-hybridized carbons (Fsp3) is 0.500. The molecule has 0 saturated heterocycles. The molecule has 1 heterocycles. The Morgan fingerprint density at radius 2 is 2.27 bits per heavy atom. The van der Waals surface area contributed by atoms with Crippen LogP contribution in [0.3, 0.4) is 0 Å². The van der Waals surface area contributed by atoms with Crippen LogP contribution in [0.1, 0.15) is 25.1 Å². The molecule has 1 aromatic rings. The number of allylic oxidation sites excluding steroid dienone is 1. The third-order valence-electron chi connectivity index (χ3n) is 2.64. The third-order valence-corrected chi connectivity index (χ3v) is 3.75. The van der Waals surface area contributed by atoms with E-state index in [0.717, 1.165) is 4.88 Å². The summed E-state index contributed by atoms with van der Waals surface area (Å²) < 4.78 is 10.6. The summed E-state index contributed by atoms with van der Waals surface area (Å²) in [5.41, 5.74) is 0.517. The second-order valence-electron chi connectivity index (χ2n) is 4.08. The first kappa shape index (κ1) is 18.4. The molecule has 8 heteroatoms. The van der Waals surface area contributed by atoms with Crippen molar-refractivity contribution >= 4 is 28.9 Å². The predicted octanol–water partition coefficient (Wildman–Crippen LogP) is 2.65. The number of hydrogen-bond donors (Lipinski definition) is 1. The van der Waals surface area contributed by atoms with Crippen molar-refractivity contribution in [2.24, 2.45) is 0 Å². The first-order valence-corrected chi connectivity index (χ1v) is 8.03. The molecule has 0 aromatic carbocycles. The van der Waals surface area contributed by atoms with Gasteiger partial charge in [-0.1, -0.05) is 18.5 Å². The number of hydrogen-bond acceptors (Lipinski definition) is 7. The highest BCUT2D eigenvalue weighted by Gasteiger charge is 2.16. The van der Waals surface area contributed by atoms with Crippen LogP contribution >= 0.6 is 22.9 Å². The Morgan fingerprint density at radius 1 is 1.50 bits per heavy atom. The van der Waals surface area contributed by atoms with Gasteiger partial charge in [0, 0.05) is 23.4 Å². The third kappa shape index (κ3) is 6.02. The van der Waals surface area contributed by atoms with Crippen LogP contribution in [0.2, 0.25) is 4.47 Å². The molecule has 0 amide bonds. The van der Waals surface area contributed by atoms with Gasteiger partial charge < -0.3 is 14.8 Å². The zero-order valence-electron chi connectivity index (χ0n) is 12.5. The number of carbonyl (C=O) groups is 1. The highest BCUT2D eigenvalue weighted by Crippen LogP contribution is 2.18. The maximum atomic E-state index is 11.9. The topological polar surface area (TPSA) is 84.2 Å². The number of rotatable bonds is 9. The van der Waals surface area contributed by atoms with Gasteiger partial charge in [0.1, 0.15) is 12.7 Å². The molecule has 22 heavy (non-hydrogen) atoms. The number of thiazole rings is 1. The molecule has 1 rings (SSSR count). The zero-order valence-corrected chi connectivity index (χ0v) is 14.1. The smallest absolute Gasteiger partial charge is 0.350 e. The minimum atomic E-state index is -0.645. The highest BCUT2D eigenvalue weighted by atomic mass is 35.5. The number of ether oxygens (including phenoxy) is 2. The summed E-state index contributed by atoms with van der Waals surface area (Å²) in [5.74, 6) is -0.645. The van der Waals surface area contributed by atoms with Crippen LogP contribution in [-0.4, -0.2) is 30.8 Å². The van der Waals surface area contributed by atoms with Gasteiger partial charge >= 0.3 is 5.97 Å². The maximum absolute atomic E-state index is 11.9. The van der Waals surface area contributed by atoms with E-state index in [1.165, 1.54) is 11.3 Å². The van der Waals surface area contributed by atoms with Gasteiger partial charge in [-0.25, -0.2) is 9.78 Å². The van der Waals surface area contributed by atoms with Gasteiger partial charge in [-0.05, 0) is 13.3 Å². The van der Waals surface area contributed by atoms with E-state index in [1.807, 2.05) is 19.9 Å². The van der Waals surface area contributed by atoms with E-state index >= 15 is 0 Å². The van der Waals surface area contributed by atoms with Gasteiger partial charge in [0.15, 0.2) is 10.0 Å². The molecule has 0 aliphatic heterocycles. The Balaban J connectivity index is 2.65. The molecule has 0 aliphatic carbocycles. The first-order chi connectivity index (χ1) is 10.6. The van der Waals surface area contributed by atoms with Crippen molar-refractivity contribution in [1.29, 1.82) is 5.26 Å². The molecular formula is C14H18ClN3O3S. The van der Waals surface area contributed by atoms with Crippen LogP contribution in [0.15, 0.2) is 17.5 Å². The van der Waals surface area contributed by atoms with Crippen LogP contribution in [-0.2, 0) is 20.8 Å². The van der Waals surface area contributed by atoms with Crippen LogP contribution in [0.25, 0.3) is 0 Å². The van der Waals surface area contributed by atoms with Crippen molar-refractivity contribution in [3.8, 4) is 6.07 Å². The maximum Gasteiger partial charge on any atom is 0.350 e. The average molecular weight is 344 g/mol. The summed E-state index contributed by atoms with van der Waals surface area (Å²) in [6, 6.07) is 1.90. The van der Waals surface area contributed by atoms with E-state index in [2.05, 4.69) is 10.3 Å². The average Bonchev–Trinajstić information content (AvgIpc) is 2.93. The Kier molecular flexibility index (Phi) is 8.51. The van der Waals surface area contributed by atoms with Gasteiger partial charge in [-0.3, -0.25) is 0 Å². The van der Waals surface area contributed by atoms with E-state index in [1.54, 1.807) is 6.20 Å². The lowest BCUT2D eigenvalue weighted by atomic mass is 10.2. The molecule has 1 aromatic heterocycles. The summed E-state index contributed by atoms with van der Waals surface area (Å²) in [6.45, 7) is 5.15. The van der Waals surface area contributed by atoms with Gasteiger partial charge in [-0.15, -0.1) is 11.3 Å². The number of nitrogens with zero attached hydrogens (tertiary/aromatic N) is 2. The van der Waals surface area contributed by atoms with Crippen molar-refractivity contribution in [2.75, 3.05) is 19.8 Å². The molecule has 120 valence electrons. The molecule has 0 atom stereocenters. The number of aromatic nitrogens is 1. The molecule has 0 fully saturated rings. The highest BCUT2D eigenvalue weighted by molar-refractivity contribution is 7.15. The Morgan fingerprint density at radius 3 is 2.82 bits per heavy atom. The second kappa shape index (κ2) is 10.2. The lowest BCUT2D eigenvalue weighted by molar-refractivity contribution is -0.140. The summed E-state index contributed by atoms with van der Waals surface area (Å²) in [4.78, 5) is 16.8. The number of carbonyl (C=O) groups excluding carboxylic acids is 1. The molecule has 0 aliphatic rings.